The Morgan fingerprint density at radius 1 is 0.614 bits per heavy atom. The molecule has 5 heteroatoms. The Labute approximate surface area is 281 Å². The minimum Gasteiger partial charge on any atom is -0.334 e. The zero-order valence-electron chi connectivity index (χ0n) is 28.6. The van der Waals surface area contributed by atoms with Gasteiger partial charge in [-0.05, 0) is 74.8 Å². The van der Waals surface area contributed by atoms with Gasteiger partial charge in [-0.2, -0.15) is 0 Å². The van der Waals surface area contributed by atoms with E-state index in [9.17, 15) is 4.79 Å². The molecule has 0 spiro atoms. The summed E-state index contributed by atoms with van der Waals surface area (Å²) >= 11 is 5.84. The van der Waals surface area contributed by atoms with E-state index in [2.05, 4.69) is 51.7 Å². The highest BCUT2D eigenvalue weighted by Crippen LogP contribution is 2.49. The van der Waals surface area contributed by atoms with E-state index < -0.39 is 0 Å². The van der Waals surface area contributed by atoms with Gasteiger partial charge in [-0.15, -0.1) is 34.0 Å². The Balaban J connectivity index is 1.56. The quantitative estimate of drug-likeness (QED) is 0.0988. The summed E-state index contributed by atoms with van der Waals surface area (Å²) in [6, 6.07) is 4.96. The first kappa shape index (κ1) is 35.4. The van der Waals surface area contributed by atoms with Crippen LogP contribution in [0.2, 0.25) is 0 Å². The highest BCUT2D eigenvalue weighted by molar-refractivity contribution is 7.27. The number of rotatable bonds is 22. The molecular weight excluding hydrogens is 595 g/mol. The number of carbonyl (C=O) groups excluding carboxylic acids is 1. The summed E-state index contributed by atoms with van der Waals surface area (Å²) in [7, 11) is 0. The van der Waals surface area contributed by atoms with Gasteiger partial charge in [0.05, 0.1) is 10.4 Å². The summed E-state index contributed by atoms with van der Waals surface area (Å²) in [4.78, 5) is 24.3. The molecule has 4 rings (SSSR count). The Hall–Kier alpha value is -1.43. The fraction of sp³-hybridized carbons (Fsp3) is 0.667. The normalized spacial score (nSPS) is 13.0. The van der Waals surface area contributed by atoms with Gasteiger partial charge in [0, 0.05) is 37.5 Å². The first-order valence-electron chi connectivity index (χ1n) is 18.1. The number of thiophene rings is 3. The van der Waals surface area contributed by atoms with E-state index in [4.69, 9.17) is 0 Å². The van der Waals surface area contributed by atoms with Crippen LogP contribution in [0.25, 0.3) is 19.5 Å². The first-order valence-corrected chi connectivity index (χ1v) is 20.6. The second-order valence-electron chi connectivity index (χ2n) is 13.2. The van der Waals surface area contributed by atoms with Crippen LogP contribution in [0.1, 0.15) is 167 Å². The summed E-state index contributed by atoms with van der Waals surface area (Å²) in [5.74, 6) is 0.276. The van der Waals surface area contributed by atoms with Crippen LogP contribution in [0.15, 0.2) is 12.1 Å². The average Bonchev–Trinajstić information content (AvgIpc) is 3.76. The van der Waals surface area contributed by atoms with E-state index in [0.717, 1.165) is 31.5 Å². The highest BCUT2D eigenvalue weighted by Gasteiger charge is 2.34. The second-order valence-corrected chi connectivity index (χ2v) is 16.7. The van der Waals surface area contributed by atoms with Crippen molar-refractivity contribution in [1.29, 1.82) is 0 Å². The van der Waals surface area contributed by atoms with Gasteiger partial charge in [-0.3, -0.25) is 4.79 Å². The summed E-state index contributed by atoms with van der Waals surface area (Å²) < 4.78 is 0. The van der Waals surface area contributed by atoms with E-state index in [1.807, 2.05) is 34.0 Å². The number of carbonyl (C=O) groups is 1. The number of unbranched alkanes of at least 4 members (excludes halogenated alkanes) is 14. The third kappa shape index (κ3) is 9.55. The van der Waals surface area contributed by atoms with Gasteiger partial charge in [0.25, 0.3) is 5.91 Å². The highest BCUT2D eigenvalue weighted by atomic mass is 32.1. The lowest BCUT2D eigenvalue weighted by Crippen LogP contribution is -2.25. The smallest absolute Gasteiger partial charge is 0.256 e. The van der Waals surface area contributed by atoms with Crippen LogP contribution >= 0.6 is 34.0 Å². The lowest BCUT2D eigenvalue weighted by molar-refractivity contribution is 0.0776. The fourth-order valence-corrected chi connectivity index (χ4v) is 10.5. The predicted octanol–water partition coefficient (Wildman–Crippen LogP) is 13.6. The molecule has 0 N–H and O–H groups in total. The van der Waals surface area contributed by atoms with E-state index in [1.54, 1.807) is 5.56 Å². The predicted molar refractivity (Wildman–Crippen MR) is 198 cm³/mol. The molecule has 0 saturated carbocycles. The van der Waals surface area contributed by atoms with Crippen molar-refractivity contribution >= 4 is 39.9 Å². The molecule has 44 heavy (non-hydrogen) atoms. The standard InChI is InChI=1S/C39H59NOS3/c1-6-9-12-15-17-20-23-31-26-29(4)42-36(31)37-32(24-21-18-16-13-10-7-2)27-34(44-37)38-35-33(30(5)43-38)28-40(39(35)41)25-22-19-14-11-8-3/h26-27H,6-25,28H2,1-5H3. The molecule has 4 heterocycles. The van der Waals surface area contributed by atoms with Gasteiger partial charge in [0.2, 0.25) is 0 Å². The number of fused-ring (bicyclic) bond motifs is 1. The van der Waals surface area contributed by atoms with Crippen LogP contribution in [0.4, 0.5) is 0 Å². The summed E-state index contributed by atoms with van der Waals surface area (Å²) in [5.41, 5.74) is 5.39. The lowest BCUT2D eigenvalue weighted by Gasteiger charge is -2.16. The largest absolute Gasteiger partial charge is 0.334 e. The first-order chi connectivity index (χ1) is 21.5. The molecule has 0 saturated heterocycles. The number of aryl methyl sites for hydroxylation is 4. The molecule has 0 bridgehead atoms. The molecule has 0 aromatic carbocycles. The van der Waals surface area contributed by atoms with E-state index in [0.29, 0.717) is 0 Å². The molecule has 0 unspecified atom stereocenters. The van der Waals surface area contributed by atoms with Crippen LogP contribution in [-0.4, -0.2) is 17.4 Å². The van der Waals surface area contributed by atoms with Gasteiger partial charge in [0.1, 0.15) is 0 Å². The summed E-state index contributed by atoms with van der Waals surface area (Å²) in [6.07, 6.45) is 24.5. The molecular formula is C39H59NOS3. The number of hydrogen-bond donors (Lipinski definition) is 0. The Kier molecular flexibility index (Phi) is 15.0. The van der Waals surface area contributed by atoms with Crippen molar-refractivity contribution in [2.75, 3.05) is 6.54 Å². The SMILES string of the molecule is CCCCCCCCc1cc(C)sc1-c1sc(-c2sc(C)c3c2C(=O)N(CCCCCCC)C3)cc1CCCCCCCC. The van der Waals surface area contributed by atoms with Gasteiger partial charge < -0.3 is 4.90 Å². The number of nitrogens with zero attached hydrogens (tertiary/aromatic N) is 1. The summed E-state index contributed by atoms with van der Waals surface area (Å²) in [6.45, 7) is 13.1. The van der Waals surface area contributed by atoms with Crippen molar-refractivity contribution in [2.45, 2.75) is 163 Å². The van der Waals surface area contributed by atoms with Crippen molar-refractivity contribution in [3.8, 4) is 19.5 Å². The average molecular weight is 654 g/mol. The minimum atomic E-state index is 0.276. The molecule has 2 nitrogen and oxygen atoms in total. The molecule has 0 fully saturated rings. The number of hydrogen-bond acceptors (Lipinski definition) is 4. The molecule has 244 valence electrons. The zero-order valence-corrected chi connectivity index (χ0v) is 31.0. The van der Waals surface area contributed by atoms with Crippen LogP contribution in [0.3, 0.4) is 0 Å². The molecule has 0 radical (unpaired) electrons. The Morgan fingerprint density at radius 2 is 1.14 bits per heavy atom. The number of amides is 1. The van der Waals surface area contributed by atoms with E-state index in [1.165, 1.54) is 150 Å². The molecule has 1 amide bonds. The summed E-state index contributed by atoms with van der Waals surface area (Å²) in [5, 5.41) is 0. The lowest BCUT2D eigenvalue weighted by atomic mass is 10.0. The molecule has 3 aromatic heterocycles. The fourth-order valence-electron chi connectivity index (χ4n) is 6.73. The van der Waals surface area contributed by atoms with Crippen LogP contribution < -0.4 is 0 Å². The molecule has 0 atom stereocenters. The monoisotopic (exact) mass is 653 g/mol. The molecule has 3 aromatic rings. The Bertz CT molecular complexity index is 1290. The van der Waals surface area contributed by atoms with Gasteiger partial charge >= 0.3 is 0 Å². The molecule has 1 aliphatic rings. The van der Waals surface area contributed by atoms with Crippen LogP contribution in [0, 0.1) is 13.8 Å². The van der Waals surface area contributed by atoms with Crippen molar-refractivity contribution in [3.05, 3.63) is 44.1 Å². The maximum atomic E-state index is 13.8. The van der Waals surface area contributed by atoms with Crippen molar-refractivity contribution in [1.82, 2.24) is 4.90 Å². The van der Waals surface area contributed by atoms with Crippen LogP contribution in [-0.2, 0) is 19.4 Å². The Morgan fingerprint density at radius 3 is 1.75 bits per heavy atom. The topological polar surface area (TPSA) is 20.3 Å². The third-order valence-corrected chi connectivity index (χ3v) is 13.1. The molecule has 1 aliphatic heterocycles. The van der Waals surface area contributed by atoms with Crippen molar-refractivity contribution < 1.29 is 4.79 Å². The van der Waals surface area contributed by atoms with E-state index >= 15 is 0 Å². The van der Waals surface area contributed by atoms with Crippen molar-refractivity contribution in [2.24, 2.45) is 0 Å². The van der Waals surface area contributed by atoms with Gasteiger partial charge in [-0.1, -0.05) is 111 Å². The van der Waals surface area contributed by atoms with Crippen LogP contribution in [0.5, 0.6) is 0 Å². The van der Waals surface area contributed by atoms with Gasteiger partial charge in [-0.25, -0.2) is 0 Å². The second kappa shape index (κ2) is 18.6. The molecule has 0 aliphatic carbocycles. The zero-order chi connectivity index (χ0) is 31.3. The van der Waals surface area contributed by atoms with Crippen molar-refractivity contribution in [3.63, 3.8) is 0 Å². The maximum Gasteiger partial charge on any atom is 0.256 e. The van der Waals surface area contributed by atoms with E-state index in [-0.39, 0.29) is 5.91 Å². The third-order valence-electron chi connectivity index (χ3n) is 9.36. The van der Waals surface area contributed by atoms with Gasteiger partial charge in [0.15, 0.2) is 0 Å². The minimum absolute atomic E-state index is 0.276. The maximum absolute atomic E-state index is 13.8.